The van der Waals surface area contributed by atoms with E-state index in [9.17, 15) is 27.5 Å². The van der Waals surface area contributed by atoms with Gasteiger partial charge < -0.3 is 15.2 Å². The fourth-order valence-electron chi connectivity index (χ4n) is 2.46. The fourth-order valence-corrected chi connectivity index (χ4v) is 3.57. The van der Waals surface area contributed by atoms with Crippen LogP contribution in [0, 0.1) is 5.82 Å². The molecule has 0 atom stereocenters. The first-order valence-electron chi connectivity index (χ1n) is 8.26. The first-order valence-corrected chi connectivity index (χ1v) is 9.74. The van der Waals surface area contributed by atoms with Crippen molar-refractivity contribution < 1.29 is 27.5 Å². The molecule has 148 valence electrons. The zero-order valence-corrected chi connectivity index (χ0v) is 15.6. The predicted molar refractivity (Wildman–Crippen MR) is 102 cm³/mol. The van der Waals surface area contributed by atoms with E-state index in [-0.39, 0.29) is 27.4 Å². The molecule has 0 aliphatic heterocycles. The lowest BCUT2D eigenvalue weighted by molar-refractivity contribution is -0.255. The molecule has 3 aromatic carbocycles. The highest BCUT2D eigenvalue weighted by Crippen LogP contribution is 2.19. The minimum absolute atomic E-state index is 0.0471. The molecule has 0 aliphatic rings. The summed E-state index contributed by atoms with van der Waals surface area (Å²) in [6.45, 7) is 0. The average molecular weight is 413 g/mol. The molecule has 9 heteroatoms. The van der Waals surface area contributed by atoms with E-state index in [0.717, 1.165) is 12.1 Å². The maximum absolute atomic E-state index is 13.0. The van der Waals surface area contributed by atoms with E-state index in [2.05, 4.69) is 10.0 Å². The predicted octanol–water partition coefficient (Wildman–Crippen LogP) is 2.24. The van der Waals surface area contributed by atoms with E-state index in [1.807, 2.05) is 0 Å². The monoisotopic (exact) mass is 413 g/mol. The number of rotatable bonds is 6. The van der Waals surface area contributed by atoms with Crippen LogP contribution in [0.2, 0.25) is 0 Å². The number of hydrogen-bond acceptors (Lipinski definition) is 5. The molecular weight excluding hydrogens is 399 g/mol. The quantitative estimate of drug-likeness (QED) is 0.643. The van der Waals surface area contributed by atoms with Gasteiger partial charge in [0.25, 0.3) is 15.9 Å². The second-order valence-corrected chi connectivity index (χ2v) is 7.65. The number of anilines is 2. The van der Waals surface area contributed by atoms with Crippen molar-refractivity contribution in [2.75, 3.05) is 10.0 Å². The van der Waals surface area contributed by atoms with Crippen molar-refractivity contribution in [3.63, 3.8) is 0 Å². The SMILES string of the molecule is O=C([O-])c1cccc(NC(=O)c2cccc(S(=O)(=O)Nc3ccc(F)cc3)c2)c1. The Morgan fingerprint density at radius 2 is 1.48 bits per heavy atom. The maximum Gasteiger partial charge on any atom is 0.261 e. The first-order chi connectivity index (χ1) is 13.7. The summed E-state index contributed by atoms with van der Waals surface area (Å²) >= 11 is 0. The van der Waals surface area contributed by atoms with Crippen LogP contribution in [0.25, 0.3) is 0 Å². The van der Waals surface area contributed by atoms with Crippen LogP contribution in [0.5, 0.6) is 0 Å². The minimum Gasteiger partial charge on any atom is -0.545 e. The summed E-state index contributed by atoms with van der Waals surface area (Å²) in [5.74, 6) is -2.52. The number of aromatic carboxylic acids is 1. The Morgan fingerprint density at radius 1 is 0.828 bits per heavy atom. The zero-order chi connectivity index (χ0) is 21.0. The van der Waals surface area contributed by atoms with Gasteiger partial charge in [-0.1, -0.05) is 18.2 Å². The molecule has 7 nitrogen and oxygen atoms in total. The number of carbonyl (C=O) groups is 2. The molecule has 0 saturated heterocycles. The number of halogens is 1. The highest BCUT2D eigenvalue weighted by molar-refractivity contribution is 7.92. The summed E-state index contributed by atoms with van der Waals surface area (Å²) in [6.07, 6.45) is 0. The third kappa shape index (κ3) is 4.96. The summed E-state index contributed by atoms with van der Waals surface area (Å²) in [7, 11) is -4.01. The van der Waals surface area contributed by atoms with Crippen molar-refractivity contribution in [1.82, 2.24) is 0 Å². The van der Waals surface area contributed by atoms with E-state index >= 15 is 0 Å². The van der Waals surface area contributed by atoms with Crippen molar-refractivity contribution >= 4 is 33.3 Å². The van der Waals surface area contributed by atoms with E-state index in [4.69, 9.17) is 0 Å². The summed E-state index contributed by atoms with van der Waals surface area (Å²) in [5, 5.41) is 13.4. The van der Waals surface area contributed by atoms with Gasteiger partial charge in [0.05, 0.1) is 10.9 Å². The summed E-state index contributed by atoms with van der Waals surface area (Å²) in [6, 6.07) is 15.5. The van der Waals surface area contributed by atoms with Gasteiger partial charge in [-0.15, -0.1) is 0 Å². The topological polar surface area (TPSA) is 115 Å². The van der Waals surface area contributed by atoms with E-state index < -0.39 is 27.7 Å². The molecule has 0 aliphatic carbocycles. The number of carbonyl (C=O) groups excluding carboxylic acids is 2. The molecule has 0 heterocycles. The normalized spacial score (nSPS) is 10.9. The second-order valence-electron chi connectivity index (χ2n) is 5.96. The standard InChI is InChI=1S/C20H15FN2O5S/c21-15-7-9-16(10-8-15)23-29(27,28)18-6-2-3-13(12-18)19(24)22-17-5-1-4-14(11-17)20(25)26/h1-12,23H,(H,22,24)(H,25,26)/p-1. The van der Waals surface area contributed by atoms with Crippen LogP contribution >= 0.6 is 0 Å². The molecule has 0 spiro atoms. The highest BCUT2D eigenvalue weighted by atomic mass is 32.2. The molecule has 0 radical (unpaired) electrons. The van der Waals surface area contributed by atoms with Gasteiger partial charge in [0.1, 0.15) is 5.82 Å². The van der Waals surface area contributed by atoms with Crippen LogP contribution in [0.1, 0.15) is 20.7 Å². The van der Waals surface area contributed by atoms with Gasteiger partial charge in [0, 0.05) is 16.9 Å². The van der Waals surface area contributed by atoms with Crippen LogP contribution in [-0.2, 0) is 10.0 Å². The molecular formula is C20H14FN2O5S-. The molecule has 3 rings (SSSR count). The van der Waals surface area contributed by atoms with Gasteiger partial charge in [-0.2, -0.15) is 0 Å². The molecule has 3 aromatic rings. The van der Waals surface area contributed by atoms with Crippen LogP contribution in [-0.4, -0.2) is 20.3 Å². The van der Waals surface area contributed by atoms with E-state index in [1.165, 1.54) is 60.7 Å². The third-order valence-electron chi connectivity index (χ3n) is 3.86. The highest BCUT2D eigenvalue weighted by Gasteiger charge is 2.17. The average Bonchev–Trinajstić information content (AvgIpc) is 2.70. The number of benzene rings is 3. The number of hydrogen-bond donors (Lipinski definition) is 2. The smallest absolute Gasteiger partial charge is 0.261 e. The third-order valence-corrected chi connectivity index (χ3v) is 5.24. The van der Waals surface area contributed by atoms with Crippen molar-refractivity contribution in [1.29, 1.82) is 0 Å². The lowest BCUT2D eigenvalue weighted by Crippen LogP contribution is -2.22. The number of carboxylic acids is 1. The summed E-state index contributed by atoms with van der Waals surface area (Å²) in [4.78, 5) is 23.2. The first kappa shape index (κ1) is 20.0. The van der Waals surface area contributed by atoms with Gasteiger partial charge in [-0.3, -0.25) is 9.52 Å². The van der Waals surface area contributed by atoms with Gasteiger partial charge in [0.2, 0.25) is 0 Å². The van der Waals surface area contributed by atoms with Gasteiger partial charge in [-0.05, 0) is 60.2 Å². The lowest BCUT2D eigenvalue weighted by atomic mass is 10.2. The van der Waals surface area contributed by atoms with Gasteiger partial charge in [0.15, 0.2) is 0 Å². The Balaban J connectivity index is 1.81. The molecule has 1 amide bonds. The fraction of sp³-hybridized carbons (Fsp3) is 0. The molecule has 0 fully saturated rings. The Morgan fingerprint density at radius 3 is 2.17 bits per heavy atom. The maximum atomic E-state index is 13.0. The Bertz CT molecular complexity index is 1180. The molecule has 2 N–H and O–H groups in total. The van der Waals surface area contributed by atoms with Crippen molar-refractivity contribution in [2.24, 2.45) is 0 Å². The van der Waals surface area contributed by atoms with Crippen molar-refractivity contribution in [3.05, 3.63) is 89.7 Å². The van der Waals surface area contributed by atoms with Crippen molar-refractivity contribution in [2.45, 2.75) is 4.90 Å². The number of carboxylic acid groups (broad SMARTS) is 1. The minimum atomic E-state index is -4.01. The van der Waals surface area contributed by atoms with E-state index in [1.54, 1.807) is 0 Å². The van der Waals surface area contributed by atoms with Crippen LogP contribution < -0.4 is 15.1 Å². The van der Waals surface area contributed by atoms with Crippen molar-refractivity contribution in [3.8, 4) is 0 Å². The Labute approximate surface area is 165 Å². The molecule has 0 bridgehead atoms. The largest absolute Gasteiger partial charge is 0.545 e. The number of nitrogens with one attached hydrogen (secondary N) is 2. The number of sulfonamides is 1. The van der Waals surface area contributed by atoms with Gasteiger partial charge >= 0.3 is 0 Å². The Kier molecular flexibility index (Phi) is 5.60. The van der Waals surface area contributed by atoms with E-state index in [0.29, 0.717) is 0 Å². The van der Waals surface area contributed by atoms with Gasteiger partial charge in [-0.25, -0.2) is 12.8 Å². The second kappa shape index (κ2) is 8.11. The van der Waals surface area contributed by atoms with Crippen LogP contribution in [0.15, 0.2) is 77.7 Å². The molecule has 29 heavy (non-hydrogen) atoms. The Hall–Kier alpha value is -3.72. The lowest BCUT2D eigenvalue weighted by Gasteiger charge is -2.11. The molecule has 0 saturated carbocycles. The summed E-state index contributed by atoms with van der Waals surface area (Å²) in [5.41, 5.74) is 0.322. The van der Waals surface area contributed by atoms with Crippen LogP contribution in [0.3, 0.4) is 0 Å². The number of amides is 1. The molecule has 0 unspecified atom stereocenters. The zero-order valence-electron chi connectivity index (χ0n) is 14.8. The molecule has 0 aromatic heterocycles. The van der Waals surface area contributed by atoms with Crippen LogP contribution in [0.4, 0.5) is 15.8 Å². The summed E-state index contributed by atoms with van der Waals surface area (Å²) < 4.78 is 40.3.